The van der Waals surface area contributed by atoms with Gasteiger partial charge in [0.15, 0.2) is 0 Å². The van der Waals surface area contributed by atoms with Gasteiger partial charge in [0.05, 0.1) is 22.4 Å². The van der Waals surface area contributed by atoms with E-state index in [0.717, 1.165) is 46.9 Å². The first kappa shape index (κ1) is 31.9. The first-order valence-corrected chi connectivity index (χ1v) is 17.6. The molecule has 1 aliphatic carbocycles. The van der Waals surface area contributed by atoms with Crippen LogP contribution in [0.3, 0.4) is 0 Å². The minimum absolute atomic E-state index is 0.0172. The molecule has 5 nitrogen and oxygen atoms in total. The maximum Gasteiger partial charge on any atom is 0.137 e. The Bertz CT molecular complexity index is 2160. The predicted octanol–water partition coefficient (Wildman–Crippen LogP) is 11.3. The van der Waals surface area contributed by atoms with Gasteiger partial charge < -0.3 is 4.74 Å². The minimum Gasteiger partial charge on any atom is -0.457 e. The highest BCUT2D eigenvalue weighted by molar-refractivity contribution is 6.09. The second-order valence-corrected chi connectivity index (χ2v) is 14.8. The summed E-state index contributed by atoms with van der Waals surface area (Å²) < 4.78 is 11.1. The van der Waals surface area contributed by atoms with Gasteiger partial charge in [0.25, 0.3) is 0 Å². The van der Waals surface area contributed by atoms with E-state index in [0.29, 0.717) is 17.8 Å². The zero-order valence-electron chi connectivity index (χ0n) is 29.7. The molecule has 6 aromatic rings. The van der Waals surface area contributed by atoms with Crippen molar-refractivity contribution in [3.8, 4) is 23.0 Å². The molecule has 1 unspecified atom stereocenters. The smallest absolute Gasteiger partial charge is 0.137 e. The van der Waals surface area contributed by atoms with Crippen LogP contribution in [-0.2, 0) is 18.3 Å². The number of para-hydroxylation sites is 1. The van der Waals surface area contributed by atoms with Crippen molar-refractivity contribution in [2.75, 3.05) is 0 Å². The standard InChI is InChI=1S/C43H48N4O/c1-9-36-42(41-28(4)22-27(3)23-29(41)5)37(10-2)47(45-36)31-14-13-15-32(25-31)48-33-18-19-35-34-16-11-12-17-38(34)46(39(35)26-33)40-24-30(20-21-44-40)43(6,7)8/h11-22,24-27,29,41H,9-10,23H2,1-8H3/t27?,29-,41+/m0/s1. The number of hydrogen-bond donors (Lipinski definition) is 0. The summed E-state index contributed by atoms with van der Waals surface area (Å²) in [7, 11) is 0. The molecule has 0 amide bonds. The van der Waals surface area contributed by atoms with Crippen LogP contribution >= 0.6 is 0 Å². The lowest BCUT2D eigenvalue weighted by Gasteiger charge is -2.32. The third-order valence-electron chi connectivity index (χ3n) is 10.2. The fourth-order valence-electron chi connectivity index (χ4n) is 8.08. The summed E-state index contributed by atoms with van der Waals surface area (Å²) in [5, 5.41) is 7.61. The average molecular weight is 637 g/mol. The van der Waals surface area contributed by atoms with Gasteiger partial charge in [-0.2, -0.15) is 5.10 Å². The summed E-state index contributed by atoms with van der Waals surface area (Å²) in [6.45, 7) is 18.3. The van der Waals surface area contributed by atoms with E-state index in [9.17, 15) is 0 Å². The summed E-state index contributed by atoms with van der Waals surface area (Å²) in [5.74, 6) is 4.11. The van der Waals surface area contributed by atoms with Crippen LogP contribution in [0.15, 0.2) is 96.7 Å². The molecule has 0 radical (unpaired) electrons. The molecule has 0 bridgehead atoms. The van der Waals surface area contributed by atoms with Gasteiger partial charge in [0, 0.05) is 46.3 Å². The molecule has 3 heterocycles. The molecule has 0 aliphatic heterocycles. The number of pyridine rings is 1. The quantitative estimate of drug-likeness (QED) is 0.164. The van der Waals surface area contributed by atoms with Crippen molar-refractivity contribution in [3.63, 3.8) is 0 Å². The number of fused-ring (bicyclic) bond motifs is 3. The van der Waals surface area contributed by atoms with Crippen molar-refractivity contribution in [1.82, 2.24) is 19.3 Å². The topological polar surface area (TPSA) is 44.9 Å². The minimum atomic E-state index is 0.0172. The van der Waals surface area contributed by atoms with Crippen molar-refractivity contribution < 1.29 is 4.74 Å². The molecule has 3 aromatic heterocycles. The molecule has 246 valence electrons. The Labute approximate surface area is 285 Å². The van der Waals surface area contributed by atoms with E-state index in [-0.39, 0.29) is 5.41 Å². The van der Waals surface area contributed by atoms with E-state index >= 15 is 0 Å². The highest BCUT2D eigenvalue weighted by Gasteiger charge is 2.32. The predicted molar refractivity (Wildman–Crippen MR) is 199 cm³/mol. The lowest BCUT2D eigenvalue weighted by Crippen LogP contribution is -2.21. The maximum atomic E-state index is 6.63. The first-order valence-electron chi connectivity index (χ1n) is 17.6. The summed E-state index contributed by atoms with van der Waals surface area (Å²) in [6, 6.07) is 27.6. The zero-order valence-corrected chi connectivity index (χ0v) is 29.7. The van der Waals surface area contributed by atoms with E-state index < -0.39 is 0 Å². The Kier molecular flexibility index (Phi) is 8.27. The number of aryl methyl sites for hydroxylation is 1. The Morgan fingerprint density at radius 1 is 0.833 bits per heavy atom. The summed E-state index contributed by atoms with van der Waals surface area (Å²) in [6.07, 6.45) is 7.45. The molecule has 0 fully saturated rings. The lowest BCUT2D eigenvalue weighted by molar-refractivity contribution is 0.389. The fourth-order valence-corrected chi connectivity index (χ4v) is 8.08. The third-order valence-corrected chi connectivity index (χ3v) is 10.2. The first-order chi connectivity index (χ1) is 23.1. The van der Waals surface area contributed by atoms with Crippen molar-refractivity contribution >= 4 is 21.8 Å². The SMILES string of the molecule is CCc1nn(-c2cccc(Oc3ccc4c5ccccc5n(-c5cc(C(C)(C)C)ccn5)c4c3)c2)c(CC)c1[C@@H]1C(C)=CC(C)C[C@@H]1C. The largest absolute Gasteiger partial charge is 0.457 e. The van der Waals surface area contributed by atoms with Gasteiger partial charge >= 0.3 is 0 Å². The lowest BCUT2D eigenvalue weighted by atomic mass is 9.72. The van der Waals surface area contributed by atoms with Gasteiger partial charge in [-0.3, -0.25) is 4.57 Å². The summed E-state index contributed by atoms with van der Waals surface area (Å²) in [5.41, 5.74) is 9.92. The van der Waals surface area contributed by atoms with Gasteiger partial charge in [-0.25, -0.2) is 9.67 Å². The second kappa shape index (κ2) is 12.4. The van der Waals surface area contributed by atoms with Crippen molar-refractivity contribution in [2.24, 2.45) is 11.8 Å². The third kappa shape index (κ3) is 5.63. The average Bonchev–Trinajstić information content (AvgIpc) is 3.59. The summed E-state index contributed by atoms with van der Waals surface area (Å²) in [4.78, 5) is 4.84. The number of ether oxygens (including phenoxy) is 1. The van der Waals surface area contributed by atoms with Gasteiger partial charge in [0.2, 0.25) is 0 Å². The normalized spacial score (nSPS) is 18.4. The molecule has 7 rings (SSSR count). The number of nitrogens with zero attached hydrogens (tertiary/aromatic N) is 4. The highest BCUT2D eigenvalue weighted by Crippen LogP contribution is 2.44. The van der Waals surface area contributed by atoms with Crippen LogP contribution in [0.1, 0.15) is 90.2 Å². The maximum absolute atomic E-state index is 6.63. The van der Waals surface area contributed by atoms with Crippen LogP contribution in [0.25, 0.3) is 33.3 Å². The van der Waals surface area contributed by atoms with Crippen molar-refractivity contribution in [3.05, 3.63) is 119 Å². The number of allylic oxidation sites excluding steroid dienone is 2. The molecule has 0 saturated carbocycles. The van der Waals surface area contributed by atoms with E-state index in [2.05, 4.69) is 144 Å². The number of aromatic nitrogens is 4. The van der Waals surface area contributed by atoms with Crippen LogP contribution < -0.4 is 4.74 Å². The van der Waals surface area contributed by atoms with Gasteiger partial charge in [-0.15, -0.1) is 0 Å². The molecular weight excluding hydrogens is 589 g/mol. The fraction of sp³-hybridized carbons (Fsp3) is 0.349. The zero-order chi connectivity index (χ0) is 33.7. The van der Waals surface area contributed by atoms with Crippen LogP contribution in [0, 0.1) is 11.8 Å². The van der Waals surface area contributed by atoms with Gasteiger partial charge in [-0.05, 0) is 91.5 Å². The van der Waals surface area contributed by atoms with Crippen LogP contribution in [0.2, 0.25) is 0 Å². The Morgan fingerprint density at radius 2 is 1.60 bits per heavy atom. The van der Waals surface area contributed by atoms with Gasteiger partial charge in [-0.1, -0.05) is 84.4 Å². The van der Waals surface area contributed by atoms with Crippen molar-refractivity contribution in [1.29, 1.82) is 0 Å². The van der Waals surface area contributed by atoms with E-state index in [1.165, 1.54) is 45.3 Å². The Balaban J connectivity index is 1.29. The Morgan fingerprint density at radius 3 is 2.35 bits per heavy atom. The molecule has 0 saturated heterocycles. The molecule has 0 N–H and O–H groups in total. The van der Waals surface area contributed by atoms with Crippen molar-refractivity contribution in [2.45, 2.75) is 86.0 Å². The summed E-state index contributed by atoms with van der Waals surface area (Å²) >= 11 is 0. The molecule has 48 heavy (non-hydrogen) atoms. The molecule has 5 heteroatoms. The van der Waals surface area contributed by atoms with E-state index in [4.69, 9.17) is 14.8 Å². The highest BCUT2D eigenvalue weighted by atomic mass is 16.5. The van der Waals surface area contributed by atoms with Crippen LogP contribution in [0.4, 0.5) is 0 Å². The Hall–Kier alpha value is -4.64. The van der Waals surface area contributed by atoms with Crippen LogP contribution in [0.5, 0.6) is 11.5 Å². The molecule has 3 atom stereocenters. The van der Waals surface area contributed by atoms with Gasteiger partial charge in [0.1, 0.15) is 17.3 Å². The molecule has 0 spiro atoms. The monoisotopic (exact) mass is 636 g/mol. The number of hydrogen-bond acceptors (Lipinski definition) is 3. The molecular formula is C43H48N4O. The van der Waals surface area contributed by atoms with E-state index in [1.54, 1.807) is 0 Å². The molecule has 3 aromatic carbocycles. The van der Waals surface area contributed by atoms with Crippen LogP contribution in [-0.4, -0.2) is 19.3 Å². The number of benzene rings is 3. The second-order valence-electron chi connectivity index (χ2n) is 14.8. The number of rotatable bonds is 7. The molecule has 1 aliphatic rings. The van der Waals surface area contributed by atoms with E-state index in [1.807, 2.05) is 12.3 Å².